The summed E-state index contributed by atoms with van der Waals surface area (Å²) in [6, 6.07) is 8.96. The average molecular weight is 464 g/mol. The Kier molecular flexibility index (Phi) is 10.7. The highest BCUT2D eigenvalue weighted by Gasteiger charge is 2.28. The van der Waals surface area contributed by atoms with Crippen LogP contribution in [-0.4, -0.2) is 69.2 Å². The summed E-state index contributed by atoms with van der Waals surface area (Å²) in [4.78, 5) is 24.2. The molecule has 0 fully saturated rings. The molecule has 5 N–H and O–H groups in total. The van der Waals surface area contributed by atoms with Gasteiger partial charge in [-0.2, -0.15) is 0 Å². The summed E-state index contributed by atoms with van der Waals surface area (Å²) in [7, 11) is 0. The van der Waals surface area contributed by atoms with Crippen LogP contribution in [0.1, 0.15) is 44.1 Å². The summed E-state index contributed by atoms with van der Waals surface area (Å²) in [5.41, 5.74) is 5.80. The molecule has 1 heterocycles. The summed E-state index contributed by atoms with van der Waals surface area (Å²) in [6.07, 6.45) is 0.696. The summed E-state index contributed by atoms with van der Waals surface area (Å²) >= 11 is 0. The van der Waals surface area contributed by atoms with E-state index < -0.39 is 17.7 Å². The maximum absolute atomic E-state index is 12.5. The molecule has 0 radical (unpaired) electrons. The Balaban J connectivity index is 1.96. The van der Waals surface area contributed by atoms with Crippen LogP contribution in [-0.2, 0) is 27.4 Å². The van der Waals surface area contributed by atoms with E-state index in [9.17, 15) is 9.59 Å². The van der Waals surface area contributed by atoms with E-state index in [1.807, 2.05) is 30.3 Å². The van der Waals surface area contributed by atoms with Gasteiger partial charge in [0, 0.05) is 13.2 Å². The van der Waals surface area contributed by atoms with Crippen molar-refractivity contribution in [2.75, 3.05) is 26.4 Å². The van der Waals surface area contributed by atoms with E-state index in [1.54, 1.807) is 13.8 Å². The molecule has 0 unspecified atom stereocenters. The van der Waals surface area contributed by atoms with Crippen molar-refractivity contribution in [1.29, 1.82) is 0 Å². The van der Waals surface area contributed by atoms with Crippen LogP contribution in [0.2, 0.25) is 0 Å². The van der Waals surface area contributed by atoms with Crippen LogP contribution in [0.5, 0.6) is 0 Å². The predicted molar refractivity (Wildman–Crippen MR) is 119 cm³/mol. The van der Waals surface area contributed by atoms with Gasteiger partial charge in [-0.1, -0.05) is 30.3 Å². The van der Waals surface area contributed by atoms with Crippen LogP contribution >= 0.6 is 0 Å². The van der Waals surface area contributed by atoms with Crippen molar-refractivity contribution in [2.45, 2.75) is 51.4 Å². The number of carbonyl (C=O) groups is 2. The van der Waals surface area contributed by atoms with Gasteiger partial charge in [0.05, 0.1) is 25.3 Å². The Bertz CT molecular complexity index is 854. The Hall–Kier alpha value is -3.09. The minimum Gasteiger partial charge on any atom is -0.448 e. The zero-order valence-electron chi connectivity index (χ0n) is 19.1. The molecule has 0 spiro atoms. The third-order valence-electron chi connectivity index (χ3n) is 4.55. The monoisotopic (exact) mass is 463 g/mol. The number of aliphatic hydroxyl groups is 1. The minimum atomic E-state index is -1.10. The highest BCUT2D eigenvalue weighted by molar-refractivity contribution is 5.85. The maximum atomic E-state index is 12.5. The van der Waals surface area contributed by atoms with Crippen LogP contribution in [0.25, 0.3) is 0 Å². The van der Waals surface area contributed by atoms with Gasteiger partial charge in [0.15, 0.2) is 5.82 Å². The third-order valence-corrected chi connectivity index (χ3v) is 4.55. The molecule has 1 aromatic carbocycles. The van der Waals surface area contributed by atoms with Gasteiger partial charge in [0.2, 0.25) is 5.91 Å². The molecule has 0 saturated carbocycles. The Morgan fingerprint density at radius 3 is 2.70 bits per heavy atom. The molecule has 12 heteroatoms. The number of aromatic nitrogens is 4. The van der Waals surface area contributed by atoms with Crippen molar-refractivity contribution in [3.8, 4) is 0 Å². The average Bonchev–Trinajstić information content (AvgIpc) is 3.24. The number of hydrogen-bond donors (Lipinski definition) is 4. The zero-order valence-corrected chi connectivity index (χ0v) is 19.1. The first-order chi connectivity index (χ1) is 15.8. The molecule has 2 amide bonds. The second kappa shape index (κ2) is 13.5. The van der Waals surface area contributed by atoms with Crippen LogP contribution in [0.4, 0.5) is 4.79 Å². The van der Waals surface area contributed by atoms with Gasteiger partial charge >= 0.3 is 6.09 Å². The van der Waals surface area contributed by atoms with Crippen molar-refractivity contribution in [3.05, 3.63) is 41.7 Å². The summed E-state index contributed by atoms with van der Waals surface area (Å²) in [5, 5.41) is 25.8. The largest absolute Gasteiger partial charge is 0.448 e. The number of nitrogens with two attached hydrogens (primary N) is 1. The summed E-state index contributed by atoms with van der Waals surface area (Å²) in [6.45, 7) is 4.36. The Morgan fingerprint density at radius 1 is 1.24 bits per heavy atom. The highest BCUT2D eigenvalue weighted by Crippen LogP contribution is 2.13. The Morgan fingerprint density at radius 2 is 2.00 bits per heavy atom. The molecule has 182 valence electrons. The molecule has 0 aliphatic carbocycles. The maximum Gasteiger partial charge on any atom is 0.407 e. The summed E-state index contributed by atoms with van der Waals surface area (Å²) < 4.78 is 12.4. The Labute approximate surface area is 192 Å². The van der Waals surface area contributed by atoms with Gasteiger partial charge in [0.25, 0.3) is 0 Å². The number of unbranched alkanes of at least 4 members (excludes halogenated alkanes) is 1. The highest BCUT2D eigenvalue weighted by atomic mass is 16.5. The van der Waals surface area contributed by atoms with E-state index in [2.05, 4.69) is 26.2 Å². The number of carbonyl (C=O) groups excluding carboxylic acids is 2. The molecule has 2 aromatic rings. The van der Waals surface area contributed by atoms with Crippen molar-refractivity contribution < 1.29 is 24.2 Å². The molecule has 0 aliphatic rings. The van der Waals surface area contributed by atoms with Gasteiger partial charge in [-0.3, -0.25) is 4.79 Å². The lowest BCUT2D eigenvalue weighted by atomic mass is 10.1. The van der Waals surface area contributed by atoms with E-state index >= 15 is 0 Å². The van der Waals surface area contributed by atoms with E-state index in [-0.39, 0.29) is 32.3 Å². The number of aliphatic hydroxyl groups excluding tert-OH is 1. The quantitative estimate of drug-likeness (QED) is 0.288. The van der Waals surface area contributed by atoms with Crippen LogP contribution in [0.3, 0.4) is 0 Å². The van der Waals surface area contributed by atoms with E-state index in [4.69, 9.17) is 20.3 Å². The SMILES string of the molecule is CC(C)(N)C(=O)N[C@H](COCc1ccccc1)c1nnnn1CCOC(=O)NCCCCO. The van der Waals surface area contributed by atoms with Gasteiger partial charge in [-0.05, 0) is 42.7 Å². The van der Waals surface area contributed by atoms with Crippen LogP contribution in [0, 0.1) is 0 Å². The fraction of sp³-hybridized carbons (Fsp3) is 0.571. The van der Waals surface area contributed by atoms with Gasteiger partial charge < -0.3 is 30.9 Å². The molecule has 1 aromatic heterocycles. The number of ether oxygens (including phenoxy) is 2. The molecule has 1 atom stereocenters. The van der Waals surface area contributed by atoms with E-state index in [0.717, 1.165) is 5.56 Å². The fourth-order valence-electron chi connectivity index (χ4n) is 2.72. The minimum absolute atomic E-state index is 0.0256. The first-order valence-electron chi connectivity index (χ1n) is 10.8. The third kappa shape index (κ3) is 9.51. The molecular formula is C21H33N7O5. The topological polar surface area (TPSA) is 167 Å². The van der Waals surface area contributed by atoms with Crippen LogP contribution < -0.4 is 16.4 Å². The lowest BCUT2D eigenvalue weighted by Gasteiger charge is -2.23. The molecule has 0 saturated heterocycles. The van der Waals surface area contributed by atoms with Crippen molar-refractivity contribution in [3.63, 3.8) is 0 Å². The van der Waals surface area contributed by atoms with Crippen molar-refractivity contribution >= 4 is 12.0 Å². The van der Waals surface area contributed by atoms with Crippen LogP contribution in [0.15, 0.2) is 30.3 Å². The van der Waals surface area contributed by atoms with Crippen molar-refractivity contribution in [2.24, 2.45) is 5.73 Å². The number of hydrogen-bond acceptors (Lipinski definition) is 9. The number of benzene rings is 1. The first kappa shape index (κ1) is 26.2. The molecule has 2 rings (SSSR count). The lowest BCUT2D eigenvalue weighted by Crippen LogP contribution is -2.51. The fourth-order valence-corrected chi connectivity index (χ4v) is 2.72. The van der Waals surface area contributed by atoms with Gasteiger partial charge in [-0.15, -0.1) is 5.10 Å². The molecule has 12 nitrogen and oxygen atoms in total. The normalized spacial score (nSPS) is 12.2. The number of tetrazole rings is 1. The molecule has 0 bridgehead atoms. The second-order valence-electron chi connectivity index (χ2n) is 8.00. The first-order valence-corrected chi connectivity index (χ1v) is 10.8. The lowest BCUT2D eigenvalue weighted by molar-refractivity contribution is -0.126. The number of rotatable bonds is 14. The zero-order chi connectivity index (χ0) is 24.1. The summed E-state index contributed by atoms with van der Waals surface area (Å²) in [5.74, 6) is -0.0310. The van der Waals surface area contributed by atoms with E-state index in [0.29, 0.717) is 31.8 Å². The standard InChI is InChI=1S/C21H33N7O5/c1-21(2,22)19(30)24-17(15-32-14-16-8-4-3-5-9-16)18-25-26-27-28(18)11-13-33-20(31)23-10-6-7-12-29/h3-5,8-9,17,29H,6-7,10-15,22H2,1-2H3,(H,23,31)(H,24,30)/t17-/m1/s1. The number of nitrogens with one attached hydrogen (secondary N) is 2. The smallest absolute Gasteiger partial charge is 0.407 e. The number of nitrogens with zero attached hydrogens (tertiary/aromatic N) is 4. The predicted octanol–water partition coefficient (Wildman–Crippen LogP) is 0.283. The van der Waals surface area contributed by atoms with Gasteiger partial charge in [0.1, 0.15) is 12.6 Å². The molecular weight excluding hydrogens is 430 g/mol. The number of alkyl carbamates (subject to hydrolysis) is 1. The van der Waals surface area contributed by atoms with Gasteiger partial charge in [-0.25, -0.2) is 9.48 Å². The molecule has 0 aliphatic heterocycles. The van der Waals surface area contributed by atoms with Crippen molar-refractivity contribution in [1.82, 2.24) is 30.8 Å². The molecule has 33 heavy (non-hydrogen) atoms. The van der Waals surface area contributed by atoms with E-state index in [1.165, 1.54) is 4.68 Å². The second-order valence-corrected chi connectivity index (χ2v) is 8.00. The number of amides is 2.